The molecule has 0 aromatic heterocycles. The molecule has 0 N–H and O–H groups in total. The quantitative estimate of drug-likeness (QED) is 0.631. The Bertz CT molecular complexity index is 815. The Balaban J connectivity index is 1.78. The van der Waals surface area contributed by atoms with Gasteiger partial charge in [-0.3, -0.25) is 0 Å². The summed E-state index contributed by atoms with van der Waals surface area (Å²) in [5, 5.41) is 0. The van der Waals surface area contributed by atoms with E-state index in [4.69, 9.17) is 4.74 Å². The molecule has 23 heavy (non-hydrogen) atoms. The molecule has 1 heterocycles. The van der Waals surface area contributed by atoms with Gasteiger partial charge >= 0.3 is 5.97 Å². The number of carbonyl (C=O) groups is 1. The molecule has 3 nitrogen and oxygen atoms in total. The van der Waals surface area contributed by atoms with Gasteiger partial charge in [-0.25, -0.2) is 14.2 Å². The van der Waals surface area contributed by atoms with Crippen molar-refractivity contribution in [2.24, 2.45) is 4.99 Å². The summed E-state index contributed by atoms with van der Waals surface area (Å²) in [5.41, 5.74) is 3.05. The minimum atomic E-state index is -0.516. The van der Waals surface area contributed by atoms with Crippen LogP contribution in [0.15, 0.2) is 65.3 Å². The molecular weight excluding hydrogens is 293 g/mol. The molecule has 2 aromatic carbocycles. The molecular formula is C19H14FNO2. The van der Waals surface area contributed by atoms with Crippen molar-refractivity contribution in [3.8, 4) is 0 Å². The van der Waals surface area contributed by atoms with Crippen molar-refractivity contribution in [3.63, 3.8) is 0 Å². The molecule has 0 bridgehead atoms. The predicted octanol–water partition coefficient (Wildman–Crippen LogP) is 4.14. The van der Waals surface area contributed by atoms with E-state index in [0.717, 1.165) is 5.56 Å². The average Bonchev–Trinajstić information content (AvgIpc) is 2.89. The number of hydrogen-bond acceptors (Lipinski definition) is 3. The maximum atomic E-state index is 12.9. The monoisotopic (exact) mass is 307 g/mol. The predicted molar refractivity (Wildman–Crippen MR) is 88.1 cm³/mol. The third kappa shape index (κ3) is 3.80. The Morgan fingerprint density at radius 2 is 1.61 bits per heavy atom. The topological polar surface area (TPSA) is 38.7 Å². The zero-order valence-corrected chi connectivity index (χ0v) is 12.5. The highest BCUT2D eigenvalue weighted by Gasteiger charge is 2.20. The number of cyclic esters (lactones) is 1. The first kappa shape index (κ1) is 14.9. The van der Waals surface area contributed by atoms with Crippen LogP contribution in [0.1, 0.15) is 16.7 Å². The second-order valence-corrected chi connectivity index (χ2v) is 5.16. The Hall–Kier alpha value is -3.01. The molecule has 0 amide bonds. The Kier molecular flexibility index (Phi) is 4.15. The lowest BCUT2D eigenvalue weighted by Crippen LogP contribution is -2.01. The van der Waals surface area contributed by atoms with Gasteiger partial charge < -0.3 is 4.74 Å². The minimum absolute atomic E-state index is 0.195. The zero-order valence-electron chi connectivity index (χ0n) is 12.5. The second-order valence-electron chi connectivity index (χ2n) is 5.16. The van der Waals surface area contributed by atoms with Gasteiger partial charge in [0.2, 0.25) is 5.90 Å². The third-order valence-electron chi connectivity index (χ3n) is 3.31. The van der Waals surface area contributed by atoms with Crippen LogP contribution in [0.4, 0.5) is 4.39 Å². The highest BCUT2D eigenvalue weighted by Crippen LogP contribution is 2.17. The Morgan fingerprint density at radius 1 is 0.957 bits per heavy atom. The molecule has 0 fully saturated rings. The van der Waals surface area contributed by atoms with Crippen molar-refractivity contribution >= 4 is 24.0 Å². The number of ether oxygens (including phenoxy) is 1. The van der Waals surface area contributed by atoms with Gasteiger partial charge in [0.25, 0.3) is 0 Å². The van der Waals surface area contributed by atoms with Crippen LogP contribution in [-0.4, -0.2) is 11.9 Å². The lowest BCUT2D eigenvalue weighted by Gasteiger charge is -1.95. The van der Waals surface area contributed by atoms with Crippen LogP contribution in [0, 0.1) is 12.7 Å². The minimum Gasteiger partial charge on any atom is -0.403 e. The average molecular weight is 307 g/mol. The molecule has 4 heteroatoms. The van der Waals surface area contributed by atoms with Crippen molar-refractivity contribution in [2.45, 2.75) is 6.92 Å². The molecule has 3 rings (SSSR count). The first-order chi connectivity index (χ1) is 11.1. The second kappa shape index (κ2) is 6.40. The largest absolute Gasteiger partial charge is 0.403 e. The lowest BCUT2D eigenvalue weighted by molar-refractivity contribution is -0.129. The fourth-order valence-corrected chi connectivity index (χ4v) is 2.06. The standard InChI is InChI=1S/C19H14FNO2/c1-13-2-4-14(5-3-13)8-11-18-21-17(19(22)23-18)12-15-6-9-16(20)10-7-15/h2-12H,1H3/b11-8+,17-12+. The van der Waals surface area contributed by atoms with E-state index >= 15 is 0 Å². The van der Waals surface area contributed by atoms with Gasteiger partial charge in [-0.15, -0.1) is 0 Å². The maximum absolute atomic E-state index is 12.9. The number of aliphatic imine (C=N–C) groups is 1. The number of nitrogens with zero attached hydrogens (tertiary/aromatic N) is 1. The van der Waals surface area contributed by atoms with Gasteiger partial charge in [-0.05, 0) is 42.3 Å². The van der Waals surface area contributed by atoms with E-state index in [0.29, 0.717) is 5.56 Å². The summed E-state index contributed by atoms with van der Waals surface area (Å²) in [6, 6.07) is 13.8. The molecule has 0 radical (unpaired) electrons. The van der Waals surface area contributed by atoms with Gasteiger partial charge in [0.1, 0.15) is 5.82 Å². The molecule has 114 valence electrons. The van der Waals surface area contributed by atoms with Crippen molar-refractivity contribution in [1.82, 2.24) is 0 Å². The van der Waals surface area contributed by atoms with Gasteiger partial charge in [-0.1, -0.05) is 42.0 Å². The number of halogens is 1. The molecule has 0 atom stereocenters. The summed E-state index contributed by atoms with van der Waals surface area (Å²) in [4.78, 5) is 15.9. The van der Waals surface area contributed by atoms with Crippen LogP contribution in [0.3, 0.4) is 0 Å². The van der Waals surface area contributed by atoms with Crippen LogP contribution >= 0.6 is 0 Å². The van der Waals surface area contributed by atoms with Crippen LogP contribution in [0.25, 0.3) is 12.2 Å². The first-order valence-corrected chi connectivity index (χ1v) is 7.13. The number of esters is 1. The van der Waals surface area contributed by atoms with Crippen molar-refractivity contribution in [2.75, 3.05) is 0 Å². The number of benzene rings is 2. The third-order valence-corrected chi connectivity index (χ3v) is 3.31. The van der Waals surface area contributed by atoms with Crippen LogP contribution < -0.4 is 0 Å². The first-order valence-electron chi connectivity index (χ1n) is 7.13. The lowest BCUT2D eigenvalue weighted by atomic mass is 10.1. The molecule has 0 aliphatic carbocycles. The number of carbonyl (C=O) groups excluding carboxylic acids is 1. The van der Waals surface area contributed by atoms with E-state index < -0.39 is 5.97 Å². The van der Waals surface area contributed by atoms with Gasteiger partial charge in [0.15, 0.2) is 5.70 Å². The summed E-state index contributed by atoms with van der Waals surface area (Å²) in [7, 11) is 0. The van der Waals surface area contributed by atoms with Gasteiger partial charge in [-0.2, -0.15) is 0 Å². The maximum Gasteiger partial charge on any atom is 0.363 e. The molecule has 0 unspecified atom stereocenters. The highest BCUT2D eigenvalue weighted by atomic mass is 19.1. The van der Waals surface area contributed by atoms with Gasteiger partial charge in [0, 0.05) is 6.08 Å². The Labute approximate surface area is 133 Å². The summed E-state index contributed by atoms with van der Waals surface area (Å²) in [6.07, 6.45) is 5.04. The van der Waals surface area contributed by atoms with Crippen LogP contribution in [0.2, 0.25) is 0 Å². The Morgan fingerprint density at radius 3 is 2.30 bits per heavy atom. The van der Waals surface area contributed by atoms with E-state index in [9.17, 15) is 9.18 Å². The normalized spacial score (nSPS) is 16.0. The number of rotatable bonds is 3. The van der Waals surface area contributed by atoms with E-state index in [1.807, 2.05) is 37.3 Å². The summed E-state index contributed by atoms with van der Waals surface area (Å²) in [6.45, 7) is 2.02. The van der Waals surface area contributed by atoms with E-state index in [1.54, 1.807) is 24.3 Å². The van der Waals surface area contributed by atoms with Crippen molar-refractivity contribution in [1.29, 1.82) is 0 Å². The molecule has 0 spiro atoms. The number of hydrogen-bond donors (Lipinski definition) is 0. The van der Waals surface area contributed by atoms with Crippen molar-refractivity contribution < 1.29 is 13.9 Å². The zero-order chi connectivity index (χ0) is 16.2. The molecule has 1 aliphatic rings. The number of aryl methyl sites for hydroxylation is 1. The van der Waals surface area contributed by atoms with E-state index in [-0.39, 0.29) is 17.4 Å². The van der Waals surface area contributed by atoms with Gasteiger partial charge in [0.05, 0.1) is 0 Å². The molecule has 1 aliphatic heterocycles. The molecule has 0 saturated carbocycles. The molecule has 0 saturated heterocycles. The van der Waals surface area contributed by atoms with Crippen LogP contribution in [0.5, 0.6) is 0 Å². The highest BCUT2D eigenvalue weighted by molar-refractivity contribution is 6.11. The summed E-state index contributed by atoms with van der Waals surface area (Å²) in [5.74, 6) is -0.604. The van der Waals surface area contributed by atoms with Crippen molar-refractivity contribution in [3.05, 3.63) is 82.8 Å². The van der Waals surface area contributed by atoms with Crippen LogP contribution in [-0.2, 0) is 9.53 Å². The smallest absolute Gasteiger partial charge is 0.363 e. The fraction of sp³-hybridized carbons (Fsp3) is 0.0526. The summed E-state index contributed by atoms with van der Waals surface area (Å²) >= 11 is 0. The SMILES string of the molecule is Cc1ccc(/C=C/C2=NC(=C/c3ccc(F)cc3)/C(=O)O2)cc1. The van der Waals surface area contributed by atoms with E-state index in [1.165, 1.54) is 17.7 Å². The molecule has 2 aromatic rings. The summed E-state index contributed by atoms with van der Waals surface area (Å²) < 4.78 is 18.0. The van der Waals surface area contributed by atoms with E-state index in [2.05, 4.69) is 4.99 Å². The fourth-order valence-electron chi connectivity index (χ4n) is 2.06.